The number of aryl methyl sites for hydroxylation is 1. The SMILES string of the molecule is Cn1ncc(-c2ncc(C=O)o2)c1Br. The van der Waals surface area contributed by atoms with Crippen LogP contribution in [0.1, 0.15) is 10.6 Å². The largest absolute Gasteiger partial charge is 0.433 e. The van der Waals surface area contributed by atoms with Gasteiger partial charge in [0.1, 0.15) is 4.60 Å². The van der Waals surface area contributed by atoms with E-state index in [1.165, 1.54) is 6.20 Å². The maximum absolute atomic E-state index is 10.4. The molecule has 0 aromatic carbocycles. The summed E-state index contributed by atoms with van der Waals surface area (Å²) in [5, 5.41) is 4.01. The number of hydrogen-bond acceptors (Lipinski definition) is 4. The lowest BCUT2D eigenvalue weighted by molar-refractivity contribution is 0.110. The Hall–Kier alpha value is -1.43. The van der Waals surface area contributed by atoms with Gasteiger partial charge in [0.2, 0.25) is 5.89 Å². The molecule has 14 heavy (non-hydrogen) atoms. The van der Waals surface area contributed by atoms with Gasteiger partial charge in [0, 0.05) is 7.05 Å². The summed E-state index contributed by atoms with van der Waals surface area (Å²) in [6.45, 7) is 0. The van der Waals surface area contributed by atoms with Gasteiger partial charge in [-0.15, -0.1) is 0 Å². The zero-order valence-corrected chi connectivity index (χ0v) is 8.85. The normalized spacial score (nSPS) is 10.4. The molecule has 0 atom stereocenters. The molecule has 0 bridgehead atoms. The minimum Gasteiger partial charge on any atom is -0.433 e. The lowest BCUT2D eigenvalue weighted by atomic mass is 10.4. The minimum atomic E-state index is 0.204. The Kier molecular flexibility index (Phi) is 2.20. The molecule has 0 N–H and O–H groups in total. The molecule has 0 aliphatic rings. The number of nitrogens with zero attached hydrogens (tertiary/aromatic N) is 3. The van der Waals surface area contributed by atoms with Gasteiger partial charge in [-0.1, -0.05) is 0 Å². The number of rotatable bonds is 2. The molecular formula is C8H6BrN3O2. The lowest BCUT2D eigenvalue weighted by Crippen LogP contribution is -1.88. The van der Waals surface area contributed by atoms with Crippen LogP contribution in [0.2, 0.25) is 0 Å². The third-order valence-corrected chi connectivity index (χ3v) is 2.68. The van der Waals surface area contributed by atoms with Crippen molar-refractivity contribution in [2.45, 2.75) is 0 Å². The second-order valence-electron chi connectivity index (χ2n) is 2.66. The van der Waals surface area contributed by atoms with E-state index in [1.54, 1.807) is 17.9 Å². The van der Waals surface area contributed by atoms with Crippen LogP contribution in [0, 0.1) is 0 Å². The molecule has 72 valence electrons. The molecule has 2 aromatic rings. The highest BCUT2D eigenvalue weighted by atomic mass is 79.9. The van der Waals surface area contributed by atoms with Crippen molar-refractivity contribution in [2.75, 3.05) is 0 Å². The van der Waals surface area contributed by atoms with Crippen LogP contribution in [0.3, 0.4) is 0 Å². The standard InChI is InChI=1S/C8H6BrN3O2/c1-12-7(9)6(3-11-12)8-10-2-5(4-13)14-8/h2-4H,1H3. The van der Waals surface area contributed by atoms with Crippen LogP contribution < -0.4 is 0 Å². The Morgan fingerprint density at radius 2 is 2.36 bits per heavy atom. The summed E-state index contributed by atoms with van der Waals surface area (Å²) in [4.78, 5) is 14.3. The van der Waals surface area contributed by atoms with Gasteiger partial charge in [-0.05, 0) is 15.9 Å². The van der Waals surface area contributed by atoms with Crippen LogP contribution >= 0.6 is 15.9 Å². The molecule has 2 rings (SSSR count). The summed E-state index contributed by atoms with van der Waals surface area (Å²) < 4.78 is 7.55. The van der Waals surface area contributed by atoms with Gasteiger partial charge >= 0.3 is 0 Å². The highest BCUT2D eigenvalue weighted by Crippen LogP contribution is 2.26. The highest BCUT2D eigenvalue weighted by Gasteiger charge is 2.13. The van der Waals surface area contributed by atoms with E-state index in [4.69, 9.17) is 4.42 Å². The van der Waals surface area contributed by atoms with E-state index < -0.39 is 0 Å². The fraction of sp³-hybridized carbons (Fsp3) is 0.125. The molecule has 2 aromatic heterocycles. The van der Waals surface area contributed by atoms with Crippen LogP contribution in [0.15, 0.2) is 21.4 Å². The van der Waals surface area contributed by atoms with Crippen molar-refractivity contribution < 1.29 is 9.21 Å². The van der Waals surface area contributed by atoms with Gasteiger partial charge in [0.25, 0.3) is 0 Å². The number of carbonyl (C=O) groups is 1. The van der Waals surface area contributed by atoms with Crippen LogP contribution in [0.25, 0.3) is 11.5 Å². The van der Waals surface area contributed by atoms with Crippen LogP contribution in [-0.4, -0.2) is 21.1 Å². The molecule has 0 amide bonds. The number of aldehydes is 1. The number of carbonyl (C=O) groups excluding carboxylic acids is 1. The Morgan fingerprint density at radius 1 is 1.57 bits per heavy atom. The Labute approximate surface area is 87.9 Å². The van der Waals surface area contributed by atoms with E-state index in [1.807, 2.05) is 0 Å². The summed E-state index contributed by atoms with van der Waals surface area (Å²) in [5.41, 5.74) is 0.723. The predicted octanol–water partition coefficient (Wildman–Crippen LogP) is 1.65. The van der Waals surface area contributed by atoms with Crippen molar-refractivity contribution in [3.8, 4) is 11.5 Å². The summed E-state index contributed by atoms with van der Waals surface area (Å²) >= 11 is 3.33. The zero-order chi connectivity index (χ0) is 10.1. The Morgan fingerprint density at radius 3 is 2.86 bits per heavy atom. The van der Waals surface area contributed by atoms with Gasteiger partial charge in [-0.3, -0.25) is 9.48 Å². The van der Waals surface area contributed by atoms with E-state index in [0.29, 0.717) is 12.2 Å². The quantitative estimate of drug-likeness (QED) is 0.766. The van der Waals surface area contributed by atoms with E-state index in [0.717, 1.165) is 10.2 Å². The average molecular weight is 256 g/mol. The maximum Gasteiger partial charge on any atom is 0.231 e. The molecule has 0 aliphatic carbocycles. The van der Waals surface area contributed by atoms with Gasteiger partial charge in [0.15, 0.2) is 12.0 Å². The first-order valence-corrected chi connectivity index (χ1v) is 4.60. The van der Waals surface area contributed by atoms with E-state index >= 15 is 0 Å². The second-order valence-corrected chi connectivity index (χ2v) is 3.41. The summed E-state index contributed by atoms with van der Waals surface area (Å²) in [6.07, 6.45) is 3.60. The molecule has 5 nitrogen and oxygen atoms in total. The van der Waals surface area contributed by atoms with Crippen LogP contribution in [0.4, 0.5) is 0 Å². The Bertz CT molecular complexity index is 475. The first-order chi connectivity index (χ1) is 6.72. The van der Waals surface area contributed by atoms with Crippen molar-refractivity contribution in [3.05, 3.63) is 22.8 Å². The third-order valence-electron chi connectivity index (χ3n) is 1.74. The number of aromatic nitrogens is 3. The molecular weight excluding hydrogens is 250 g/mol. The second kappa shape index (κ2) is 3.38. The first kappa shape index (κ1) is 9.14. The summed E-state index contributed by atoms with van der Waals surface area (Å²) in [6, 6.07) is 0. The highest BCUT2D eigenvalue weighted by molar-refractivity contribution is 9.10. The van der Waals surface area contributed by atoms with Crippen molar-refractivity contribution in [3.63, 3.8) is 0 Å². The smallest absolute Gasteiger partial charge is 0.231 e. The van der Waals surface area contributed by atoms with Crippen molar-refractivity contribution in [1.82, 2.24) is 14.8 Å². The number of hydrogen-bond donors (Lipinski definition) is 0. The number of oxazole rings is 1. The molecule has 0 saturated carbocycles. The summed E-state index contributed by atoms with van der Waals surface area (Å²) in [7, 11) is 1.79. The predicted molar refractivity (Wildman–Crippen MR) is 51.8 cm³/mol. The molecule has 0 saturated heterocycles. The van der Waals surface area contributed by atoms with E-state index in [9.17, 15) is 4.79 Å². The monoisotopic (exact) mass is 255 g/mol. The topological polar surface area (TPSA) is 60.9 Å². The van der Waals surface area contributed by atoms with Gasteiger partial charge < -0.3 is 4.42 Å². The van der Waals surface area contributed by atoms with Crippen molar-refractivity contribution >= 4 is 22.2 Å². The lowest BCUT2D eigenvalue weighted by Gasteiger charge is -1.92. The van der Waals surface area contributed by atoms with Crippen molar-refractivity contribution in [1.29, 1.82) is 0 Å². The first-order valence-electron chi connectivity index (χ1n) is 3.81. The molecule has 0 unspecified atom stereocenters. The fourth-order valence-electron chi connectivity index (χ4n) is 1.03. The Balaban J connectivity index is 2.49. The third kappa shape index (κ3) is 1.37. The van der Waals surface area contributed by atoms with E-state index in [-0.39, 0.29) is 5.76 Å². The van der Waals surface area contributed by atoms with Crippen LogP contribution in [0.5, 0.6) is 0 Å². The molecule has 0 aliphatic heterocycles. The molecule has 6 heteroatoms. The molecule has 0 spiro atoms. The maximum atomic E-state index is 10.4. The van der Waals surface area contributed by atoms with E-state index in [2.05, 4.69) is 26.0 Å². The minimum absolute atomic E-state index is 0.204. The number of halogens is 1. The molecule has 0 radical (unpaired) electrons. The molecule has 2 heterocycles. The summed E-state index contributed by atoms with van der Waals surface area (Å²) in [5.74, 6) is 0.586. The van der Waals surface area contributed by atoms with Crippen LogP contribution in [-0.2, 0) is 7.05 Å². The van der Waals surface area contributed by atoms with Gasteiger partial charge in [-0.2, -0.15) is 5.10 Å². The van der Waals surface area contributed by atoms with Gasteiger partial charge in [0.05, 0.1) is 18.0 Å². The fourth-order valence-corrected chi connectivity index (χ4v) is 1.40. The zero-order valence-electron chi connectivity index (χ0n) is 7.27. The average Bonchev–Trinajstić information content (AvgIpc) is 2.75. The van der Waals surface area contributed by atoms with Crippen molar-refractivity contribution in [2.24, 2.45) is 7.05 Å². The molecule has 0 fully saturated rings. The van der Waals surface area contributed by atoms with Gasteiger partial charge in [-0.25, -0.2) is 4.98 Å².